The molecule has 0 radical (unpaired) electrons. The first-order chi connectivity index (χ1) is 15.0. The Labute approximate surface area is 190 Å². The molecule has 0 bridgehead atoms. The maximum atomic E-state index is 12.9. The summed E-state index contributed by atoms with van der Waals surface area (Å²) in [5, 5.41) is 7.19. The summed E-state index contributed by atoms with van der Waals surface area (Å²) in [6, 6.07) is 14.4. The Bertz CT molecular complexity index is 1030. The van der Waals surface area contributed by atoms with Crippen LogP contribution in [0.2, 0.25) is 0 Å². The molecule has 3 aromatic rings. The van der Waals surface area contributed by atoms with Gasteiger partial charge in [0, 0.05) is 28.9 Å². The lowest BCUT2D eigenvalue weighted by Crippen LogP contribution is -2.33. The van der Waals surface area contributed by atoms with Gasteiger partial charge in [-0.1, -0.05) is 49.9 Å². The summed E-state index contributed by atoms with van der Waals surface area (Å²) in [5.41, 5.74) is 5.60. The number of carbonyl (C=O) groups excluding carboxylic acids is 1. The van der Waals surface area contributed by atoms with Crippen LogP contribution in [0.3, 0.4) is 0 Å². The Morgan fingerprint density at radius 3 is 2.74 bits per heavy atom. The molecule has 1 heterocycles. The van der Waals surface area contributed by atoms with Crippen LogP contribution < -0.4 is 10.6 Å². The van der Waals surface area contributed by atoms with E-state index in [-0.39, 0.29) is 6.03 Å². The minimum absolute atomic E-state index is 0.169. The van der Waals surface area contributed by atoms with Gasteiger partial charge in [-0.3, -0.25) is 4.98 Å². The molecule has 1 unspecified atom stereocenters. The Kier molecular flexibility index (Phi) is 8.35. The highest BCUT2D eigenvalue weighted by Crippen LogP contribution is 2.32. The van der Waals surface area contributed by atoms with Crippen molar-refractivity contribution < 1.29 is 4.79 Å². The first-order valence-corrected chi connectivity index (χ1v) is 12.3. The fourth-order valence-corrected chi connectivity index (χ4v) is 4.58. The second kappa shape index (κ2) is 11.2. The second-order valence-corrected chi connectivity index (χ2v) is 8.95. The fraction of sp³-hybridized carbons (Fsp3) is 0.385. The average Bonchev–Trinajstić information content (AvgIpc) is 2.78. The van der Waals surface area contributed by atoms with Crippen molar-refractivity contribution in [2.75, 3.05) is 18.1 Å². The zero-order valence-corrected chi connectivity index (χ0v) is 19.8. The number of anilines is 1. The number of carbonyl (C=O) groups is 1. The van der Waals surface area contributed by atoms with Crippen molar-refractivity contribution in [3.05, 3.63) is 65.4 Å². The SMILES string of the molecule is CCCCCC(CNC(=O)Nc1c(SC)ccc2ncccc12)c1cc(C)ccc1C. The van der Waals surface area contributed by atoms with Gasteiger partial charge < -0.3 is 10.6 Å². The predicted octanol–water partition coefficient (Wildman–Crippen LogP) is 7.06. The molecular weight excluding hydrogens is 402 g/mol. The molecule has 0 spiro atoms. The lowest BCUT2D eigenvalue weighted by molar-refractivity contribution is 0.251. The molecule has 4 nitrogen and oxygen atoms in total. The minimum Gasteiger partial charge on any atom is -0.337 e. The number of hydrogen-bond acceptors (Lipinski definition) is 3. The maximum Gasteiger partial charge on any atom is 0.319 e. The molecular formula is C26H33N3OS. The molecule has 5 heteroatoms. The summed E-state index contributed by atoms with van der Waals surface area (Å²) in [6.07, 6.45) is 8.45. The Hall–Kier alpha value is -2.53. The Balaban J connectivity index is 1.75. The lowest BCUT2D eigenvalue weighted by Gasteiger charge is -2.21. The minimum atomic E-state index is -0.169. The molecule has 2 amide bonds. The van der Waals surface area contributed by atoms with Crippen LogP contribution in [-0.2, 0) is 0 Å². The number of hydrogen-bond donors (Lipinski definition) is 2. The Morgan fingerprint density at radius 2 is 1.97 bits per heavy atom. The van der Waals surface area contributed by atoms with Crippen molar-refractivity contribution in [2.24, 2.45) is 0 Å². The fourth-order valence-electron chi connectivity index (χ4n) is 4.01. The monoisotopic (exact) mass is 435 g/mol. The van der Waals surface area contributed by atoms with Crippen LogP contribution in [0, 0.1) is 13.8 Å². The number of nitrogens with one attached hydrogen (secondary N) is 2. The van der Waals surface area contributed by atoms with E-state index in [0.29, 0.717) is 12.5 Å². The number of fused-ring (bicyclic) bond motifs is 1. The zero-order chi connectivity index (χ0) is 22.2. The van der Waals surface area contributed by atoms with Gasteiger partial charge in [-0.25, -0.2) is 4.79 Å². The number of benzene rings is 2. The van der Waals surface area contributed by atoms with Gasteiger partial charge in [0.1, 0.15) is 0 Å². The number of rotatable bonds is 9. The summed E-state index contributed by atoms with van der Waals surface area (Å²) >= 11 is 1.62. The van der Waals surface area contributed by atoms with E-state index in [1.54, 1.807) is 18.0 Å². The van der Waals surface area contributed by atoms with Gasteiger partial charge >= 0.3 is 6.03 Å². The molecule has 1 aromatic heterocycles. The molecule has 2 aromatic carbocycles. The Morgan fingerprint density at radius 1 is 1.13 bits per heavy atom. The van der Waals surface area contributed by atoms with Gasteiger partial charge in [0.25, 0.3) is 0 Å². The molecule has 3 rings (SSSR count). The quantitative estimate of drug-likeness (QED) is 0.279. The number of pyridine rings is 1. The van der Waals surface area contributed by atoms with E-state index in [4.69, 9.17) is 0 Å². The van der Waals surface area contributed by atoms with Gasteiger partial charge in [0.15, 0.2) is 0 Å². The molecule has 31 heavy (non-hydrogen) atoms. The third kappa shape index (κ3) is 6.01. The normalized spacial score (nSPS) is 12.0. The average molecular weight is 436 g/mol. The highest BCUT2D eigenvalue weighted by atomic mass is 32.2. The van der Waals surface area contributed by atoms with Crippen LogP contribution in [0.5, 0.6) is 0 Å². The van der Waals surface area contributed by atoms with Crippen LogP contribution >= 0.6 is 11.8 Å². The van der Waals surface area contributed by atoms with Gasteiger partial charge in [0.2, 0.25) is 0 Å². The molecule has 0 aliphatic carbocycles. The zero-order valence-electron chi connectivity index (χ0n) is 19.0. The highest BCUT2D eigenvalue weighted by molar-refractivity contribution is 7.98. The van der Waals surface area contributed by atoms with Crippen LogP contribution in [0.15, 0.2) is 53.6 Å². The number of aryl methyl sites for hydroxylation is 2. The van der Waals surface area contributed by atoms with E-state index in [0.717, 1.165) is 27.9 Å². The van der Waals surface area contributed by atoms with Gasteiger partial charge in [0.05, 0.1) is 11.2 Å². The number of amides is 2. The third-order valence-electron chi connectivity index (χ3n) is 5.75. The topological polar surface area (TPSA) is 54.0 Å². The maximum absolute atomic E-state index is 12.9. The number of unbranched alkanes of at least 4 members (excludes halogenated alkanes) is 2. The predicted molar refractivity (Wildman–Crippen MR) is 133 cm³/mol. The highest BCUT2D eigenvalue weighted by Gasteiger charge is 2.17. The largest absolute Gasteiger partial charge is 0.337 e. The summed E-state index contributed by atoms with van der Waals surface area (Å²) < 4.78 is 0. The van der Waals surface area contributed by atoms with Gasteiger partial charge in [-0.2, -0.15) is 0 Å². The summed E-state index contributed by atoms with van der Waals surface area (Å²) in [5.74, 6) is 0.311. The van der Waals surface area contributed by atoms with E-state index in [2.05, 4.69) is 54.6 Å². The first-order valence-electron chi connectivity index (χ1n) is 11.1. The number of nitrogens with zero attached hydrogens (tertiary/aromatic N) is 1. The van der Waals surface area contributed by atoms with Crippen molar-refractivity contribution in [1.82, 2.24) is 10.3 Å². The molecule has 1 atom stereocenters. The van der Waals surface area contributed by atoms with Gasteiger partial charge in [-0.05, 0) is 61.9 Å². The van der Waals surface area contributed by atoms with Crippen molar-refractivity contribution >= 4 is 34.4 Å². The van der Waals surface area contributed by atoms with Crippen LogP contribution in [0.25, 0.3) is 10.9 Å². The van der Waals surface area contributed by atoms with Crippen LogP contribution in [0.1, 0.15) is 55.2 Å². The molecule has 0 aliphatic heterocycles. The second-order valence-electron chi connectivity index (χ2n) is 8.10. The molecule has 0 fully saturated rings. The number of urea groups is 1. The number of thioether (sulfide) groups is 1. The first kappa shape index (κ1) is 23.1. The van der Waals surface area contributed by atoms with E-state index in [1.165, 1.54) is 36.0 Å². The molecule has 0 saturated heterocycles. The molecule has 0 aliphatic rings. The molecule has 164 valence electrons. The molecule has 2 N–H and O–H groups in total. The lowest BCUT2D eigenvalue weighted by atomic mass is 9.89. The van der Waals surface area contributed by atoms with Crippen LogP contribution in [-0.4, -0.2) is 23.8 Å². The number of aromatic nitrogens is 1. The molecule has 0 saturated carbocycles. The van der Waals surface area contributed by atoms with Crippen molar-refractivity contribution in [3.8, 4) is 0 Å². The van der Waals surface area contributed by atoms with E-state index >= 15 is 0 Å². The standard InChI is InChI=1S/C26H33N3OS/c1-5-6-7-9-20(22-16-18(2)11-12-19(22)3)17-28-26(30)29-25-21-10-8-15-27-23(21)13-14-24(25)31-4/h8,10-16,20H,5-7,9,17H2,1-4H3,(H2,28,29,30). The summed E-state index contributed by atoms with van der Waals surface area (Å²) in [6.45, 7) is 7.14. The van der Waals surface area contributed by atoms with Crippen LogP contribution in [0.4, 0.5) is 10.5 Å². The summed E-state index contributed by atoms with van der Waals surface area (Å²) in [7, 11) is 0. The van der Waals surface area contributed by atoms with E-state index < -0.39 is 0 Å². The van der Waals surface area contributed by atoms with E-state index in [1.807, 2.05) is 30.5 Å². The van der Waals surface area contributed by atoms with Gasteiger partial charge in [-0.15, -0.1) is 11.8 Å². The third-order valence-corrected chi connectivity index (χ3v) is 6.53. The smallest absolute Gasteiger partial charge is 0.319 e. The van der Waals surface area contributed by atoms with Crippen molar-refractivity contribution in [1.29, 1.82) is 0 Å². The van der Waals surface area contributed by atoms with E-state index in [9.17, 15) is 4.79 Å². The summed E-state index contributed by atoms with van der Waals surface area (Å²) in [4.78, 5) is 18.3. The van der Waals surface area contributed by atoms with Crippen molar-refractivity contribution in [2.45, 2.75) is 57.3 Å². The van der Waals surface area contributed by atoms with Crippen molar-refractivity contribution in [3.63, 3.8) is 0 Å².